The predicted molar refractivity (Wildman–Crippen MR) is 108 cm³/mol. The average molecular weight is 409 g/mol. The molecule has 0 saturated heterocycles. The number of hydrogen-bond donors (Lipinski definition) is 2. The van der Waals surface area contributed by atoms with E-state index in [9.17, 15) is 19.7 Å². The van der Waals surface area contributed by atoms with Crippen LogP contribution >= 0.6 is 0 Å². The summed E-state index contributed by atoms with van der Waals surface area (Å²) in [6.45, 7) is 0.315. The number of hydrogen-bond acceptors (Lipinski definition) is 7. The summed E-state index contributed by atoms with van der Waals surface area (Å²) in [5.41, 5.74) is 1.83. The summed E-state index contributed by atoms with van der Waals surface area (Å²) in [5, 5.41) is 20.4. The second-order valence-electron chi connectivity index (χ2n) is 6.15. The molecular weight excluding hydrogens is 390 g/mol. The fourth-order valence-electron chi connectivity index (χ4n) is 2.55. The summed E-state index contributed by atoms with van der Waals surface area (Å²) >= 11 is 0. The van der Waals surface area contributed by atoms with Crippen LogP contribution in [0.1, 0.15) is 10.4 Å². The Hall–Kier alpha value is -4.21. The minimum absolute atomic E-state index is 0.00620. The zero-order chi connectivity index (χ0) is 21.3. The average Bonchev–Trinajstić information content (AvgIpc) is 3.30. The number of nitrogens with one attached hydrogen (secondary N) is 2. The number of aromatic nitrogens is 2. The number of benzene rings is 2. The molecule has 1 amide bonds. The van der Waals surface area contributed by atoms with Gasteiger partial charge in [-0.1, -0.05) is 0 Å². The maximum atomic E-state index is 12.1. The van der Waals surface area contributed by atoms with Crippen molar-refractivity contribution in [2.75, 3.05) is 25.0 Å². The monoisotopic (exact) mass is 409 g/mol. The van der Waals surface area contributed by atoms with Gasteiger partial charge < -0.3 is 15.4 Å². The summed E-state index contributed by atoms with van der Waals surface area (Å²) in [4.78, 5) is 34.0. The van der Waals surface area contributed by atoms with Gasteiger partial charge in [0.05, 0.1) is 16.2 Å². The zero-order valence-electron chi connectivity index (χ0n) is 15.9. The number of amides is 1. The normalized spacial score (nSPS) is 10.3. The molecule has 0 atom stereocenters. The molecule has 10 heteroatoms. The van der Waals surface area contributed by atoms with Crippen molar-refractivity contribution in [3.8, 4) is 5.69 Å². The summed E-state index contributed by atoms with van der Waals surface area (Å²) < 4.78 is 6.67. The molecule has 1 heterocycles. The molecule has 30 heavy (non-hydrogen) atoms. The minimum atomic E-state index is -0.596. The maximum absolute atomic E-state index is 12.1. The van der Waals surface area contributed by atoms with E-state index in [2.05, 4.69) is 15.7 Å². The van der Waals surface area contributed by atoms with Gasteiger partial charge in [-0.15, -0.1) is 0 Å². The summed E-state index contributed by atoms with van der Waals surface area (Å²) in [5.74, 6) is -1.02. The Bertz CT molecular complexity index is 1000. The van der Waals surface area contributed by atoms with Crippen molar-refractivity contribution in [3.05, 3.63) is 82.7 Å². The Morgan fingerprint density at radius 1 is 1.07 bits per heavy atom. The molecular formula is C20H19N5O5. The van der Waals surface area contributed by atoms with Crippen molar-refractivity contribution in [1.29, 1.82) is 0 Å². The molecule has 3 aromatic rings. The number of non-ortho nitro benzene ring substituents is 1. The Kier molecular flexibility index (Phi) is 6.72. The van der Waals surface area contributed by atoms with Gasteiger partial charge in [0.1, 0.15) is 0 Å². The Morgan fingerprint density at radius 3 is 2.43 bits per heavy atom. The fourth-order valence-corrected chi connectivity index (χ4v) is 2.55. The van der Waals surface area contributed by atoms with Gasteiger partial charge in [0, 0.05) is 43.3 Å². The molecule has 0 radical (unpaired) electrons. The van der Waals surface area contributed by atoms with E-state index in [-0.39, 0.29) is 5.69 Å². The lowest BCUT2D eigenvalue weighted by Gasteiger charge is -2.09. The third-order valence-electron chi connectivity index (χ3n) is 4.06. The van der Waals surface area contributed by atoms with E-state index >= 15 is 0 Å². The van der Waals surface area contributed by atoms with Crippen LogP contribution in [0.4, 0.5) is 11.4 Å². The number of rotatable bonds is 9. The first-order valence-electron chi connectivity index (χ1n) is 9.05. The molecule has 0 aliphatic rings. The smallest absolute Gasteiger partial charge is 0.338 e. The lowest BCUT2D eigenvalue weighted by Crippen LogP contribution is -2.32. The molecule has 154 valence electrons. The molecule has 3 rings (SSSR count). The van der Waals surface area contributed by atoms with Crippen molar-refractivity contribution < 1.29 is 19.2 Å². The SMILES string of the molecule is O=C(COC(=O)c1ccc(-n2cccn2)cc1)NCCNc1ccc([N+](=O)[O-])cc1. The Balaban J connectivity index is 1.36. The molecule has 0 bridgehead atoms. The van der Waals surface area contributed by atoms with Gasteiger partial charge in [0.2, 0.25) is 0 Å². The van der Waals surface area contributed by atoms with Crippen molar-refractivity contribution in [2.24, 2.45) is 0 Å². The zero-order valence-corrected chi connectivity index (χ0v) is 15.9. The minimum Gasteiger partial charge on any atom is -0.452 e. The van der Waals surface area contributed by atoms with Crippen LogP contribution in [0.2, 0.25) is 0 Å². The van der Waals surface area contributed by atoms with Crippen molar-refractivity contribution >= 4 is 23.3 Å². The van der Waals surface area contributed by atoms with Gasteiger partial charge in [-0.05, 0) is 42.5 Å². The number of carbonyl (C=O) groups excluding carboxylic acids is 2. The summed E-state index contributed by atoms with van der Waals surface area (Å²) in [6.07, 6.45) is 3.44. The van der Waals surface area contributed by atoms with Gasteiger partial charge in [-0.2, -0.15) is 5.10 Å². The number of esters is 1. The highest BCUT2D eigenvalue weighted by molar-refractivity contribution is 5.91. The Labute approximate surface area is 171 Å². The van der Waals surface area contributed by atoms with Crippen molar-refractivity contribution in [2.45, 2.75) is 0 Å². The molecule has 0 saturated carbocycles. The first-order valence-corrected chi connectivity index (χ1v) is 9.05. The van der Waals surface area contributed by atoms with E-state index < -0.39 is 23.4 Å². The van der Waals surface area contributed by atoms with Crippen LogP contribution in [0, 0.1) is 10.1 Å². The molecule has 0 aliphatic heterocycles. The van der Waals surface area contributed by atoms with Gasteiger partial charge in [-0.25, -0.2) is 9.48 Å². The number of carbonyl (C=O) groups is 2. The number of anilines is 1. The van der Waals surface area contributed by atoms with E-state index in [1.165, 1.54) is 12.1 Å². The largest absolute Gasteiger partial charge is 0.452 e. The second kappa shape index (κ2) is 9.82. The maximum Gasteiger partial charge on any atom is 0.338 e. The van der Waals surface area contributed by atoms with Crippen LogP contribution in [0.15, 0.2) is 67.0 Å². The molecule has 0 aliphatic carbocycles. The van der Waals surface area contributed by atoms with Gasteiger partial charge in [0.15, 0.2) is 6.61 Å². The third kappa shape index (κ3) is 5.64. The highest BCUT2D eigenvalue weighted by atomic mass is 16.6. The lowest BCUT2D eigenvalue weighted by atomic mass is 10.2. The van der Waals surface area contributed by atoms with E-state index in [4.69, 9.17) is 4.74 Å². The molecule has 10 nitrogen and oxygen atoms in total. The Morgan fingerprint density at radius 2 is 1.80 bits per heavy atom. The van der Waals surface area contributed by atoms with Crippen LogP contribution in [-0.2, 0) is 9.53 Å². The van der Waals surface area contributed by atoms with Crippen LogP contribution in [0.3, 0.4) is 0 Å². The number of nitro groups is 1. The van der Waals surface area contributed by atoms with E-state index in [1.54, 1.807) is 59.5 Å². The standard InChI is InChI=1S/C20H19N5O5/c26-19(22-12-11-21-16-4-8-18(9-5-16)25(28)29)14-30-20(27)15-2-6-17(7-3-15)24-13-1-10-23-24/h1-10,13,21H,11-12,14H2,(H,22,26). The van der Waals surface area contributed by atoms with Crippen molar-refractivity contribution in [1.82, 2.24) is 15.1 Å². The van der Waals surface area contributed by atoms with Crippen LogP contribution in [0.5, 0.6) is 0 Å². The second-order valence-corrected chi connectivity index (χ2v) is 6.15. The van der Waals surface area contributed by atoms with Crippen LogP contribution in [0.25, 0.3) is 5.69 Å². The molecule has 2 aromatic carbocycles. The highest BCUT2D eigenvalue weighted by Crippen LogP contribution is 2.15. The highest BCUT2D eigenvalue weighted by Gasteiger charge is 2.10. The lowest BCUT2D eigenvalue weighted by molar-refractivity contribution is -0.384. The molecule has 0 unspecified atom stereocenters. The molecule has 0 spiro atoms. The van der Waals surface area contributed by atoms with Crippen LogP contribution < -0.4 is 10.6 Å². The third-order valence-corrected chi connectivity index (χ3v) is 4.06. The van der Waals surface area contributed by atoms with Crippen LogP contribution in [-0.4, -0.2) is 46.3 Å². The fraction of sp³-hybridized carbons (Fsp3) is 0.150. The summed E-state index contributed by atoms with van der Waals surface area (Å²) in [7, 11) is 0. The topological polar surface area (TPSA) is 128 Å². The first kappa shape index (κ1) is 20.5. The first-order chi connectivity index (χ1) is 14.5. The van der Waals surface area contributed by atoms with Gasteiger partial charge >= 0.3 is 5.97 Å². The number of ether oxygens (including phenoxy) is 1. The predicted octanol–water partition coefficient (Wildman–Crippen LogP) is 2.17. The molecule has 1 aromatic heterocycles. The van der Waals surface area contributed by atoms with E-state index in [1.807, 2.05) is 0 Å². The summed E-state index contributed by atoms with van der Waals surface area (Å²) in [6, 6.07) is 14.4. The van der Waals surface area contributed by atoms with Gasteiger partial charge in [-0.3, -0.25) is 14.9 Å². The molecule has 0 fully saturated rings. The number of nitrogens with zero attached hydrogens (tertiary/aromatic N) is 3. The van der Waals surface area contributed by atoms with E-state index in [0.29, 0.717) is 24.3 Å². The van der Waals surface area contributed by atoms with Crippen molar-refractivity contribution in [3.63, 3.8) is 0 Å². The van der Waals surface area contributed by atoms with E-state index in [0.717, 1.165) is 5.69 Å². The molecule has 2 N–H and O–H groups in total. The quantitative estimate of drug-likeness (QED) is 0.240. The number of nitro benzene ring substituents is 1. The van der Waals surface area contributed by atoms with Gasteiger partial charge in [0.25, 0.3) is 11.6 Å².